The van der Waals surface area contributed by atoms with Crippen molar-refractivity contribution in [1.82, 2.24) is 0 Å². The normalized spacial score (nSPS) is 12.2. The molecular formula is C13H17NO3. The van der Waals surface area contributed by atoms with Crippen LogP contribution in [0, 0.1) is 20.8 Å². The van der Waals surface area contributed by atoms with Crippen molar-refractivity contribution in [3.63, 3.8) is 0 Å². The van der Waals surface area contributed by atoms with Crippen LogP contribution >= 0.6 is 0 Å². The van der Waals surface area contributed by atoms with E-state index < -0.39 is 12.0 Å². The maximum atomic E-state index is 12.0. The minimum absolute atomic E-state index is 0.312. The predicted molar refractivity (Wildman–Crippen MR) is 65.2 cm³/mol. The Kier molecular flexibility index (Phi) is 4.02. The molecular weight excluding hydrogens is 218 g/mol. The zero-order chi connectivity index (χ0) is 13.2. The minimum Gasteiger partial charge on any atom is -0.481 e. The molecule has 0 saturated heterocycles. The molecule has 4 nitrogen and oxygen atoms in total. The van der Waals surface area contributed by atoms with Gasteiger partial charge in [0.1, 0.15) is 0 Å². The van der Waals surface area contributed by atoms with E-state index in [1.807, 2.05) is 26.8 Å². The molecule has 17 heavy (non-hydrogen) atoms. The number of hydrogen-bond acceptors (Lipinski definition) is 3. The van der Waals surface area contributed by atoms with Gasteiger partial charge in [0.15, 0.2) is 5.78 Å². The maximum absolute atomic E-state index is 12.0. The SMILES string of the molecule is Cc1cc(C)c(C(=O)C(N)CC(=O)O)cc1C. The Morgan fingerprint density at radius 2 is 1.71 bits per heavy atom. The molecule has 1 rings (SSSR count). The first-order chi connectivity index (χ1) is 7.82. The summed E-state index contributed by atoms with van der Waals surface area (Å²) in [4.78, 5) is 22.5. The second-order valence-electron chi connectivity index (χ2n) is 4.32. The monoisotopic (exact) mass is 235 g/mol. The van der Waals surface area contributed by atoms with Gasteiger partial charge in [0, 0.05) is 5.56 Å². The van der Waals surface area contributed by atoms with E-state index in [0.29, 0.717) is 5.56 Å². The van der Waals surface area contributed by atoms with Gasteiger partial charge in [0.05, 0.1) is 12.5 Å². The number of ketones is 1. The van der Waals surface area contributed by atoms with Crippen molar-refractivity contribution in [3.05, 3.63) is 34.4 Å². The van der Waals surface area contributed by atoms with Crippen molar-refractivity contribution in [2.75, 3.05) is 0 Å². The molecule has 0 heterocycles. The van der Waals surface area contributed by atoms with Crippen molar-refractivity contribution in [1.29, 1.82) is 0 Å². The van der Waals surface area contributed by atoms with Gasteiger partial charge in [-0.05, 0) is 43.5 Å². The molecule has 1 aromatic carbocycles. The molecule has 3 N–H and O–H groups in total. The average molecular weight is 235 g/mol. The van der Waals surface area contributed by atoms with Crippen LogP contribution in [0.15, 0.2) is 12.1 Å². The van der Waals surface area contributed by atoms with E-state index >= 15 is 0 Å². The number of carbonyl (C=O) groups is 2. The molecule has 0 saturated carbocycles. The first-order valence-corrected chi connectivity index (χ1v) is 5.42. The van der Waals surface area contributed by atoms with Gasteiger partial charge in [-0.25, -0.2) is 0 Å². The fraction of sp³-hybridized carbons (Fsp3) is 0.385. The van der Waals surface area contributed by atoms with Crippen molar-refractivity contribution in [2.24, 2.45) is 5.73 Å². The molecule has 0 spiro atoms. The van der Waals surface area contributed by atoms with Gasteiger partial charge in [0.2, 0.25) is 0 Å². The van der Waals surface area contributed by atoms with Gasteiger partial charge in [-0.3, -0.25) is 9.59 Å². The van der Waals surface area contributed by atoms with Gasteiger partial charge in [-0.2, -0.15) is 0 Å². The topological polar surface area (TPSA) is 80.4 Å². The van der Waals surface area contributed by atoms with Gasteiger partial charge in [0.25, 0.3) is 0 Å². The van der Waals surface area contributed by atoms with Gasteiger partial charge in [-0.15, -0.1) is 0 Å². The summed E-state index contributed by atoms with van der Waals surface area (Å²) in [5.74, 6) is -1.37. The zero-order valence-corrected chi connectivity index (χ0v) is 10.3. The summed E-state index contributed by atoms with van der Waals surface area (Å²) in [6.45, 7) is 5.70. The number of benzene rings is 1. The molecule has 1 aromatic rings. The lowest BCUT2D eigenvalue weighted by Crippen LogP contribution is -2.33. The summed E-state index contributed by atoms with van der Waals surface area (Å²) in [7, 11) is 0. The highest BCUT2D eigenvalue weighted by Gasteiger charge is 2.20. The molecule has 0 aromatic heterocycles. The molecule has 0 aliphatic heterocycles. The maximum Gasteiger partial charge on any atom is 0.305 e. The quantitative estimate of drug-likeness (QED) is 0.777. The highest BCUT2D eigenvalue weighted by molar-refractivity contribution is 6.02. The van der Waals surface area contributed by atoms with E-state index in [9.17, 15) is 9.59 Å². The molecule has 0 aliphatic rings. The van der Waals surface area contributed by atoms with Crippen molar-refractivity contribution in [2.45, 2.75) is 33.2 Å². The third kappa shape index (κ3) is 3.14. The third-order valence-corrected chi connectivity index (χ3v) is 2.84. The van der Waals surface area contributed by atoms with Crippen molar-refractivity contribution in [3.8, 4) is 0 Å². The Bertz CT molecular complexity index is 466. The number of rotatable bonds is 4. The standard InChI is InChI=1S/C13H17NO3/c1-7-4-9(3)10(5-8(7)2)13(17)11(14)6-12(15)16/h4-5,11H,6,14H2,1-3H3,(H,15,16). The summed E-state index contributed by atoms with van der Waals surface area (Å²) in [5.41, 5.74) is 9.03. The first-order valence-electron chi connectivity index (χ1n) is 5.42. The number of Topliss-reactive ketones (excluding diaryl/α,β-unsaturated/α-hetero) is 1. The van der Waals surface area contributed by atoms with E-state index in [1.54, 1.807) is 6.07 Å². The van der Waals surface area contributed by atoms with E-state index in [0.717, 1.165) is 16.7 Å². The lowest BCUT2D eigenvalue weighted by Gasteiger charge is -2.12. The smallest absolute Gasteiger partial charge is 0.305 e. The lowest BCUT2D eigenvalue weighted by atomic mass is 9.94. The lowest BCUT2D eigenvalue weighted by molar-refractivity contribution is -0.137. The van der Waals surface area contributed by atoms with Gasteiger partial charge >= 0.3 is 5.97 Å². The van der Waals surface area contributed by atoms with Crippen molar-refractivity contribution < 1.29 is 14.7 Å². The van der Waals surface area contributed by atoms with Gasteiger partial charge in [-0.1, -0.05) is 6.07 Å². The van der Waals surface area contributed by atoms with E-state index in [2.05, 4.69) is 0 Å². The first kappa shape index (κ1) is 13.4. The van der Waals surface area contributed by atoms with E-state index in [4.69, 9.17) is 10.8 Å². The predicted octanol–water partition coefficient (Wildman–Crippen LogP) is 1.60. The highest BCUT2D eigenvalue weighted by Crippen LogP contribution is 2.17. The van der Waals surface area contributed by atoms with Crippen LogP contribution in [0.1, 0.15) is 33.5 Å². The highest BCUT2D eigenvalue weighted by atomic mass is 16.4. The molecule has 1 atom stereocenters. The Balaban J connectivity index is 3.04. The zero-order valence-electron chi connectivity index (χ0n) is 10.3. The number of hydrogen-bond donors (Lipinski definition) is 2. The molecule has 4 heteroatoms. The Hall–Kier alpha value is -1.68. The number of nitrogens with two attached hydrogens (primary N) is 1. The molecule has 0 amide bonds. The minimum atomic E-state index is -1.06. The third-order valence-electron chi connectivity index (χ3n) is 2.84. The average Bonchev–Trinajstić information content (AvgIpc) is 2.21. The summed E-state index contributed by atoms with van der Waals surface area (Å²) >= 11 is 0. The Morgan fingerprint density at radius 3 is 2.24 bits per heavy atom. The largest absolute Gasteiger partial charge is 0.481 e. The van der Waals surface area contributed by atoms with Crippen LogP contribution < -0.4 is 5.73 Å². The van der Waals surface area contributed by atoms with Gasteiger partial charge < -0.3 is 10.8 Å². The molecule has 1 unspecified atom stereocenters. The fourth-order valence-corrected chi connectivity index (χ4v) is 1.71. The van der Waals surface area contributed by atoms with E-state index in [1.165, 1.54) is 0 Å². The van der Waals surface area contributed by atoms with Crippen LogP contribution in [-0.2, 0) is 4.79 Å². The van der Waals surface area contributed by atoms with E-state index in [-0.39, 0.29) is 12.2 Å². The number of aliphatic carboxylic acids is 1. The van der Waals surface area contributed by atoms with Crippen LogP contribution in [0.5, 0.6) is 0 Å². The number of carbonyl (C=O) groups excluding carboxylic acids is 1. The second-order valence-corrected chi connectivity index (χ2v) is 4.32. The number of carboxylic acids is 1. The van der Waals surface area contributed by atoms with Crippen molar-refractivity contribution >= 4 is 11.8 Å². The summed E-state index contributed by atoms with van der Waals surface area (Å²) in [5, 5.41) is 8.62. The molecule has 0 bridgehead atoms. The van der Waals surface area contributed by atoms with Crippen LogP contribution in [-0.4, -0.2) is 22.9 Å². The summed E-state index contributed by atoms with van der Waals surface area (Å²) in [6.07, 6.45) is -0.342. The van der Waals surface area contributed by atoms with Crippen LogP contribution in [0.3, 0.4) is 0 Å². The Labute approximate surface area is 100 Å². The fourth-order valence-electron chi connectivity index (χ4n) is 1.71. The molecule has 0 radical (unpaired) electrons. The summed E-state index contributed by atoms with van der Waals surface area (Å²) < 4.78 is 0. The molecule has 92 valence electrons. The number of carboxylic acid groups (broad SMARTS) is 1. The number of aryl methyl sites for hydroxylation is 3. The van der Waals surface area contributed by atoms with Crippen LogP contribution in [0.25, 0.3) is 0 Å². The summed E-state index contributed by atoms with van der Waals surface area (Å²) in [6, 6.07) is 2.71. The molecule has 0 fully saturated rings. The Morgan fingerprint density at radius 1 is 1.18 bits per heavy atom. The van der Waals surface area contributed by atoms with Crippen LogP contribution in [0.4, 0.5) is 0 Å². The second kappa shape index (κ2) is 5.10. The molecule has 0 aliphatic carbocycles. The van der Waals surface area contributed by atoms with Crippen LogP contribution in [0.2, 0.25) is 0 Å².